The van der Waals surface area contributed by atoms with Crippen LogP contribution in [0.5, 0.6) is 0 Å². The van der Waals surface area contributed by atoms with E-state index in [1.54, 1.807) is 0 Å². The number of nitrogens with zero attached hydrogens (tertiary/aromatic N) is 5. The van der Waals surface area contributed by atoms with Crippen LogP contribution in [0.4, 0.5) is 0 Å². The second kappa shape index (κ2) is 13.4. The van der Waals surface area contributed by atoms with Crippen LogP contribution in [0, 0.1) is 0 Å². The number of benzene rings is 6. The first kappa shape index (κ1) is 33.5. The van der Waals surface area contributed by atoms with Gasteiger partial charge in [-0.05, 0) is 84.8 Å². The van der Waals surface area contributed by atoms with E-state index in [2.05, 4.69) is 131 Å². The fraction of sp³-hybridized carbons (Fsp3) is 0.0192. The third kappa shape index (κ3) is 5.23. The lowest BCUT2D eigenvalue weighted by Crippen LogP contribution is -1.96. The molecule has 0 radical (unpaired) electrons. The fourth-order valence-corrected chi connectivity index (χ4v) is 8.52. The molecule has 0 aliphatic rings. The van der Waals surface area contributed by atoms with Gasteiger partial charge < -0.3 is 13.6 Å². The lowest BCUT2D eigenvalue weighted by atomic mass is 10.00. The predicted molar refractivity (Wildman–Crippen MR) is 239 cm³/mol. The maximum atomic E-state index is 6.58. The van der Waals surface area contributed by atoms with E-state index in [0.717, 1.165) is 94.4 Å². The highest BCUT2D eigenvalue weighted by Gasteiger charge is 2.21. The number of rotatable bonds is 7. The van der Waals surface area contributed by atoms with Gasteiger partial charge in [-0.3, -0.25) is 4.98 Å². The van der Waals surface area contributed by atoms with E-state index < -0.39 is 0 Å². The molecular formula is C52H35N5O. The van der Waals surface area contributed by atoms with Gasteiger partial charge in [0.15, 0.2) is 11.4 Å². The van der Waals surface area contributed by atoms with Crippen molar-refractivity contribution in [2.45, 2.75) is 6.92 Å². The minimum absolute atomic E-state index is 0.656. The monoisotopic (exact) mass is 745 g/mol. The SMILES string of the molecule is C=Cc1c(/C=C\C)c2cc(-c3ccc4c(c3)c3cnccc3n4-c3ccc4oc5c(-c6ccccc6)nc(-c6ccccc6)nc5c4c3)ccc2n1-c1ccccc1. The Hall–Kier alpha value is -7.83. The second-order valence-corrected chi connectivity index (χ2v) is 14.5. The first-order chi connectivity index (χ1) is 28.7. The fourth-order valence-electron chi connectivity index (χ4n) is 8.52. The van der Waals surface area contributed by atoms with Crippen LogP contribution in [-0.2, 0) is 0 Å². The van der Waals surface area contributed by atoms with Crippen molar-refractivity contribution in [1.29, 1.82) is 0 Å². The van der Waals surface area contributed by atoms with Crippen LogP contribution >= 0.6 is 0 Å². The summed E-state index contributed by atoms with van der Waals surface area (Å²) in [6, 6.07) is 52.7. The van der Waals surface area contributed by atoms with Crippen molar-refractivity contribution in [3.63, 3.8) is 0 Å². The van der Waals surface area contributed by atoms with Gasteiger partial charge in [0.05, 0.1) is 22.2 Å². The highest BCUT2D eigenvalue weighted by atomic mass is 16.3. The highest BCUT2D eigenvalue weighted by Crippen LogP contribution is 2.40. The summed E-state index contributed by atoms with van der Waals surface area (Å²) < 4.78 is 11.2. The summed E-state index contributed by atoms with van der Waals surface area (Å²) in [5.41, 5.74) is 14.8. The van der Waals surface area contributed by atoms with E-state index in [0.29, 0.717) is 11.4 Å². The Kier molecular flexibility index (Phi) is 7.76. The molecule has 0 aliphatic carbocycles. The molecule has 58 heavy (non-hydrogen) atoms. The molecule has 274 valence electrons. The minimum Gasteiger partial charge on any atom is -0.452 e. The Morgan fingerprint density at radius 1 is 0.569 bits per heavy atom. The molecule has 0 unspecified atom stereocenters. The number of hydrogen-bond acceptors (Lipinski definition) is 4. The molecule has 0 saturated heterocycles. The van der Waals surface area contributed by atoms with Gasteiger partial charge in [-0.1, -0.05) is 110 Å². The van der Waals surface area contributed by atoms with Crippen LogP contribution < -0.4 is 0 Å². The van der Waals surface area contributed by atoms with Crippen molar-refractivity contribution < 1.29 is 4.42 Å². The van der Waals surface area contributed by atoms with E-state index in [4.69, 9.17) is 14.4 Å². The van der Waals surface area contributed by atoms with Gasteiger partial charge in [0.25, 0.3) is 0 Å². The number of hydrogen-bond donors (Lipinski definition) is 0. The van der Waals surface area contributed by atoms with Crippen LogP contribution in [-0.4, -0.2) is 24.1 Å². The van der Waals surface area contributed by atoms with Gasteiger partial charge in [-0.25, -0.2) is 9.97 Å². The average Bonchev–Trinajstić information content (AvgIpc) is 3.93. The van der Waals surface area contributed by atoms with Gasteiger partial charge >= 0.3 is 0 Å². The average molecular weight is 746 g/mol. The standard InChI is InChI=1S/C52H35N5O/c1-3-14-39-40-29-35(21-24-45(40)56(44(39)4-2)37-19-12-7-13-20-37)36-22-25-46-41(30-36)43-32-53-28-27-47(43)57(46)38-23-26-48-42(31-38)50-51(58-48)49(33-15-8-5-9-16-33)54-52(55-50)34-17-10-6-11-18-34/h3-32H,2H2,1H3/b14-3-. The summed E-state index contributed by atoms with van der Waals surface area (Å²) in [7, 11) is 0. The van der Waals surface area contributed by atoms with Crippen LogP contribution in [0.25, 0.3) is 112 Å². The van der Waals surface area contributed by atoms with Gasteiger partial charge in [0.2, 0.25) is 0 Å². The van der Waals surface area contributed by atoms with Crippen molar-refractivity contribution >= 4 is 66.9 Å². The zero-order chi connectivity index (χ0) is 38.7. The molecule has 0 atom stereocenters. The number of pyridine rings is 1. The molecule has 0 N–H and O–H groups in total. The van der Waals surface area contributed by atoms with E-state index in [1.165, 1.54) is 5.39 Å². The molecule has 6 nitrogen and oxygen atoms in total. The molecule has 6 heteroatoms. The quantitative estimate of drug-likeness (QED) is 0.163. The van der Waals surface area contributed by atoms with E-state index >= 15 is 0 Å². The zero-order valence-electron chi connectivity index (χ0n) is 31.7. The summed E-state index contributed by atoms with van der Waals surface area (Å²) in [5.74, 6) is 0.656. The van der Waals surface area contributed by atoms with E-state index in [9.17, 15) is 0 Å². The third-order valence-electron chi connectivity index (χ3n) is 11.1. The van der Waals surface area contributed by atoms with Crippen molar-refractivity contribution in [2.75, 3.05) is 0 Å². The summed E-state index contributed by atoms with van der Waals surface area (Å²) >= 11 is 0. The molecule has 11 rings (SSSR count). The van der Waals surface area contributed by atoms with Crippen LogP contribution in [0.15, 0.2) is 181 Å². The maximum absolute atomic E-state index is 6.58. The van der Waals surface area contributed by atoms with Crippen molar-refractivity contribution in [3.8, 4) is 45.1 Å². The molecule has 5 heterocycles. The Labute approximate surface area is 334 Å². The number of allylic oxidation sites excluding steroid dienone is 1. The van der Waals surface area contributed by atoms with E-state index in [-0.39, 0.29) is 0 Å². The molecule has 11 aromatic rings. The normalized spacial score (nSPS) is 11.9. The molecule has 0 bridgehead atoms. The predicted octanol–water partition coefficient (Wildman–Crippen LogP) is 13.5. The van der Waals surface area contributed by atoms with Gasteiger partial charge in [0.1, 0.15) is 16.8 Å². The first-order valence-electron chi connectivity index (χ1n) is 19.4. The number of para-hydroxylation sites is 1. The largest absolute Gasteiger partial charge is 0.452 e. The van der Waals surface area contributed by atoms with E-state index in [1.807, 2.05) is 79.1 Å². The van der Waals surface area contributed by atoms with Crippen molar-refractivity contribution in [1.82, 2.24) is 24.1 Å². The third-order valence-corrected chi connectivity index (χ3v) is 11.1. The Morgan fingerprint density at radius 3 is 1.97 bits per heavy atom. The summed E-state index contributed by atoms with van der Waals surface area (Å²) in [4.78, 5) is 14.8. The van der Waals surface area contributed by atoms with Gasteiger partial charge in [-0.2, -0.15) is 0 Å². The van der Waals surface area contributed by atoms with Crippen LogP contribution in [0.1, 0.15) is 18.2 Å². The zero-order valence-corrected chi connectivity index (χ0v) is 31.7. The number of aromatic nitrogens is 5. The highest BCUT2D eigenvalue weighted by molar-refractivity contribution is 6.12. The van der Waals surface area contributed by atoms with Crippen molar-refractivity contribution in [2.24, 2.45) is 0 Å². The summed E-state index contributed by atoms with van der Waals surface area (Å²) in [5, 5.41) is 4.31. The molecule has 0 aliphatic heterocycles. The Morgan fingerprint density at radius 2 is 1.24 bits per heavy atom. The second-order valence-electron chi connectivity index (χ2n) is 14.5. The van der Waals surface area contributed by atoms with Crippen LogP contribution in [0.2, 0.25) is 0 Å². The molecule has 5 aromatic heterocycles. The molecule has 0 fully saturated rings. The summed E-state index contributed by atoms with van der Waals surface area (Å²) in [6.45, 7) is 6.27. The smallest absolute Gasteiger partial charge is 0.180 e. The number of fused-ring (bicyclic) bond motifs is 7. The molecule has 0 saturated carbocycles. The lowest BCUT2D eigenvalue weighted by molar-refractivity contribution is 0.667. The number of furan rings is 1. The first-order valence-corrected chi connectivity index (χ1v) is 19.4. The molecule has 0 spiro atoms. The summed E-state index contributed by atoms with van der Waals surface area (Å²) in [6.07, 6.45) is 10.1. The maximum Gasteiger partial charge on any atom is 0.180 e. The van der Waals surface area contributed by atoms with Crippen LogP contribution in [0.3, 0.4) is 0 Å². The Bertz CT molecular complexity index is 3410. The Balaban J connectivity index is 1.09. The minimum atomic E-state index is 0.656. The van der Waals surface area contributed by atoms with Crippen molar-refractivity contribution in [3.05, 3.63) is 188 Å². The lowest BCUT2D eigenvalue weighted by Gasteiger charge is -2.10. The molecule has 6 aromatic carbocycles. The molecular weight excluding hydrogens is 711 g/mol. The van der Waals surface area contributed by atoms with Gasteiger partial charge in [-0.15, -0.1) is 0 Å². The van der Waals surface area contributed by atoms with Gasteiger partial charge in [0, 0.05) is 62.0 Å². The molecule has 0 amide bonds. The topological polar surface area (TPSA) is 61.7 Å².